The highest BCUT2D eigenvalue weighted by Gasteiger charge is 2.18. The van der Waals surface area contributed by atoms with E-state index in [1.54, 1.807) is 23.7 Å². The summed E-state index contributed by atoms with van der Waals surface area (Å²) >= 11 is 0. The Hall–Kier alpha value is -3.41. The summed E-state index contributed by atoms with van der Waals surface area (Å²) < 4.78 is 7.18. The van der Waals surface area contributed by atoms with Gasteiger partial charge in [-0.05, 0) is 37.3 Å². The highest BCUT2D eigenvalue weighted by molar-refractivity contribution is 6.04. The van der Waals surface area contributed by atoms with Gasteiger partial charge in [0.2, 0.25) is 0 Å². The lowest BCUT2D eigenvalue weighted by molar-refractivity contribution is 0.0697. The Morgan fingerprint density at radius 2 is 1.96 bits per heavy atom. The minimum atomic E-state index is -1.00. The summed E-state index contributed by atoms with van der Waals surface area (Å²) in [5, 5.41) is 18.3. The molecule has 0 aliphatic carbocycles. The first-order valence-electron chi connectivity index (χ1n) is 7.38. The predicted octanol–water partition coefficient (Wildman–Crippen LogP) is 3.69. The molecule has 0 aliphatic heterocycles. The molecular formula is C18H13N3O3. The van der Waals surface area contributed by atoms with E-state index < -0.39 is 5.97 Å². The van der Waals surface area contributed by atoms with Crippen molar-refractivity contribution in [3.63, 3.8) is 0 Å². The molecule has 6 nitrogen and oxygen atoms in total. The number of hydrogen-bond donors (Lipinski definition) is 1. The van der Waals surface area contributed by atoms with Gasteiger partial charge in [0.1, 0.15) is 22.6 Å². The van der Waals surface area contributed by atoms with Crippen LogP contribution in [0.1, 0.15) is 16.1 Å². The van der Waals surface area contributed by atoms with Gasteiger partial charge in [0.25, 0.3) is 0 Å². The second kappa shape index (κ2) is 5.34. The number of nitrogens with zero attached hydrogens (tertiary/aromatic N) is 3. The van der Waals surface area contributed by atoms with E-state index in [2.05, 4.69) is 10.3 Å². The number of para-hydroxylation sites is 1. The number of carbonyl (C=O) groups is 1. The smallest absolute Gasteiger partial charge is 0.339 e. The molecule has 2 aromatic carbocycles. The van der Waals surface area contributed by atoms with Crippen molar-refractivity contribution in [2.45, 2.75) is 6.92 Å². The van der Waals surface area contributed by atoms with Crippen molar-refractivity contribution >= 4 is 16.9 Å². The van der Waals surface area contributed by atoms with Crippen molar-refractivity contribution in [3.05, 3.63) is 66.1 Å². The normalized spacial score (nSPS) is 11.0. The quantitative estimate of drug-likeness (QED) is 0.623. The number of fused-ring (bicyclic) bond motifs is 1. The Labute approximate surface area is 137 Å². The van der Waals surface area contributed by atoms with Gasteiger partial charge in [0, 0.05) is 10.9 Å². The Morgan fingerprint density at radius 1 is 1.17 bits per heavy atom. The maximum absolute atomic E-state index is 11.4. The number of benzene rings is 2. The Bertz CT molecular complexity index is 1050. The summed E-state index contributed by atoms with van der Waals surface area (Å²) in [6.07, 6.45) is 1.81. The fourth-order valence-electron chi connectivity index (χ4n) is 2.75. The summed E-state index contributed by atoms with van der Waals surface area (Å²) in [5.41, 5.74) is 3.08. The lowest BCUT2D eigenvalue weighted by atomic mass is 10.1. The molecule has 0 spiro atoms. The lowest BCUT2D eigenvalue weighted by Crippen LogP contribution is -1.96. The number of carboxylic acid groups (broad SMARTS) is 1. The van der Waals surface area contributed by atoms with E-state index in [4.69, 9.17) is 4.42 Å². The fraction of sp³-hybridized carbons (Fsp3) is 0.0556. The van der Waals surface area contributed by atoms with Crippen molar-refractivity contribution in [2.75, 3.05) is 0 Å². The maximum atomic E-state index is 11.4. The second-order valence-electron chi connectivity index (χ2n) is 5.43. The number of carboxylic acids is 1. The standard InChI is InChI=1S/C18H13N3O3/c1-11-17(18(22)23)14-9-12(7-8-16(14)24-11)15-10-21(20-19-15)13-5-3-2-4-6-13/h2-10H,1H3,(H,22,23). The van der Waals surface area contributed by atoms with E-state index in [1.165, 1.54) is 0 Å². The molecule has 0 fully saturated rings. The number of aromatic nitrogens is 3. The summed E-state index contributed by atoms with van der Waals surface area (Å²) in [7, 11) is 0. The van der Waals surface area contributed by atoms with E-state index in [0.29, 0.717) is 22.4 Å². The third-order valence-electron chi connectivity index (χ3n) is 3.89. The van der Waals surface area contributed by atoms with Gasteiger partial charge in [-0.2, -0.15) is 0 Å². The van der Waals surface area contributed by atoms with Crippen LogP contribution in [0.5, 0.6) is 0 Å². The largest absolute Gasteiger partial charge is 0.478 e. The monoisotopic (exact) mass is 319 g/mol. The zero-order chi connectivity index (χ0) is 16.7. The molecule has 4 aromatic rings. The zero-order valence-electron chi connectivity index (χ0n) is 12.8. The van der Waals surface area contributed by atoms with Crippen molar-refractivity contribution < 1.29 is 14.3 Å². The van der Waals surface area contributed by atoms with Crippen LogP contribution in [0, 0.1) is 6.92 Å². The second-order valence-corrected chi connectivity index (χ2v) is 5.43. The Kier molecular flexibility index (Phi) is 3.16. The van der Waals surface area contributed by atoms with E-state index in [0.717, 1.165) is 11.3 Å². The third-order valence-corrected chi connectivity index (χ3v) is 3.89. The molecule has 6 heteroatoms. The summed E-state index contributed by atoms with van der Waals surface area (Å²) in [5.74, 6) is -0.612. The molecule has 0 amide bonds. The fourth-order valence-corrected chi connectivity index (χ4v) is 2.75. The molecular weight excluding hydrogens is 306 g/mol. The Balaban J connectivity index is 1.81. The van der Waals surface area contributed by atoms with Crippen molar-refractivity contribution in [1.82, 2.24) is 15.0 Å². The highest BCUT2D eigenvalue weighted by atomic mass is 16.4. The molecule has 0 atom stereocenters. The van der Waals surface area contributed by atoms with Gasteiger partial charge in [0.05, 0.1) is 11.9 Å². The topological polar surface area (TPSA) is 81.2 Å². The number of hydrogen-bond acceptors (Lipinski definition) is 4. The van der Waals surface area contributed by atoms with Crippen LogP contribution < -0.4 is 0 Å². The van der Waals surface area contributed by atoms with Gasteiger partial charge in [-0.25, -0.2) is 9.48 Å². The summed E-state index contributed by atoms with van der Waals surface area (Å²) in [6.45, 7) is 1.65. The van der Waals surface area contributed by atoms with Gasteiger partial charge in [-0.3, -0.25) is 0 Å². The van der Waals surface area contributed by atoms with Crippen LogP contribution in [0.15, 0.2) is 59.1 Å². The third kappa shape index (κ3) is 2.25. The molecule has 2 aromatic heterocycles. The van der Waals surface area contributed by atoms with Crippen LogP contribution in [0.25, 0.3) is 27.9 Å². The molecule has 0 aliphatic rings. The molecule has 0 saturated carbocycles. The summed E-state index contributed by atoms with van der Waals surface area (Å²) in [6, 6.07) is 15.0. The first kappa shape index (κ1) is 14.2. The van der Waals surface area contributed by atoms with E-state index in [1.807, 2.05) is 42.6 Å². The molecule has 118 valence electrons. The Morgan fingerprint density at radius 3 is 2.71 bits per heavy atom. The van der Waals surface area contributed by atoms with Crippen molar-refractivity contribution in [3.8, 4) is 16.9 Å². The number of aryl methyl sites for hydroxylation is 1. The maximum Gasteiger partial charge on any atom is 0.339 e. The molecule has 24 heavy (non-hydrogen) atoms. The van der Waals surface area contributed by atoms with E-state index in [-0.39, 0.29) is 5.56 Å². The first-order chi connectivity index (χ1) is 11.6. The van der Waals surface area contributed by atoms with Crippen LogP contribution in [0.4, 0.5) is 0 Å². The summed E-state index contributed by atoms with van der Waals surface area (Å²) in [4.78, 5) is 11.4. The average Bonchev–Trinajstić information content (AvgIpc) is 3.18. The van der Waals surface area contributed by atoms with Crippen molar-refractivity contribution in [1.29, 1.82) is 0 Å². The van der Waals surface area contributed by atoms with E-state index >= 15 is 0 Å². The minimum absolute atomic E-state index is 0.183. The average molecular weight is 319 g/mol. The molecule has 0 radical (unpaired) electrons. The van der Waals surface area contributed by atoms with Gasteiger partial charge >= 0.3 is 5.97 Å². The number of furan rings is 1. The van der Waals surface area contributed by atoms with Gasteiger partial charge in [-0.1, -0.05) is 23.4 Å². The number of aromatic carboxylic acids is 1. The molecule has 0 saturated heterocycles. The van der Waals surface area contributed by atoms with Crippen LogP contribution in [-0.2, 0) is 0 Å². The lowest BCUT2D eigenvalue weighted by Gasteiger charge is -1.98. The van der Waals surface area contributed by atoms with Crippen LogP contribution in [0.3, 0.4) is 0 Å². The highest BCUT2D eigenvalue weighted by Crippen LogP contribution is 2.29. The van der Waals surface area contributed by atoms with Crippen LogP contribution in [0.2, 0.25) is 0 Å². The molecule has 2 heterocycles. The first-order valence-corrected chi connectivity index (χ1v) is 7.38. The van der Waals surface area contributed by atoms with E-state index in [9.17, 15) is 9.90 Å². The molecule has 1 N–H and O–H groups in total. The molecule has 0 unspecified atom stereocenters. The van der Waals surface area contributed by atoms with Gasteiger partial charge < -0.3 is 9.52 Å². The predicted molar refractivity (Wildman–Crippen MR) is 88.3 cm³/mol. The minimum Gasteiger partial charge on any atom is -0.478 e. The van der Waals surface area contributed by atoms with Gasteiger partial charge in [-0.15, -0.1) is 5.10 Å². The van der Waals surface area contributed by atoms with Gasteiger partial charge in [0.15, 0.2) is 0 Å². The molecule has 4 rings (SSSR count). The SMILES string of the molecule is Cc1oc2ccc(-c3cn(-c4ccccc4)nn3)cc2c1C(=O)O. The molecule has 0 bridgehead atoms. The number of rotatable bonds is 3. The van der Waals surface area contributed by atoms with Crippen LogP contribution >= 0.6 is 0 Å². The van der Waals surface area contributed by atoms with Crippen molar-refractivity contribution in [2.24, 2.45) is 0 Å². The van der Waals surface area contributed by atoms with Crippen LogP contribution in [-0.4, -0.2) is 26.1 Å². The zero-order valence-corrected chi connectivity index (χ0v) is 12.8.